The fraction of sp³-hybridized carbons (Fsp3) is 0.500. The molecule has 4 heteroatoms. The molecular weight excluding hydrogens is 272 g/mol. The Morgan fingerprint density at radius 1 is 1.00 bits per heavy atom. The monoisotopic (exact) mass is 290 g/mol. The fourth-order valence-electron chi connectivity index (χ4n) is 3.29. The van der Waals surface area contributed by atoms with E-state index in [1.54, 1.807) is 11.3 Å². The van der Waals surface area contributed by atoms with Gasteiger partial charge < -0.3 is 14.6 Å². The van der Waals surface area contributed by atoms with E-state index >= 15 is 0 Å². The molecule has 2 aromatic rings. The van der Waals surface area contributed by atoms with Crippen molar-refractivity contribution in [3.05, 3.63) is 35.2 Å². The summed E-state index contributed by atoms with van der Waals surface area (Å²) in [5.74, 6) is -0.414. The van der Waals surface area contributed by atoms with E-state index in [1.165, 1.54) is 10.1 Å². The van der Waals surface area contributed by atoms with Crippen molar-refractivity contribution < 1.29 is 14.6 Å². The number of fused-ring (bicyclic) bond motifs is 1. The SMILES string of the molecule is OC1(c2cc3ccccc3s2)CCC2(CC1)OCCO2. The first-order valence-corrected chi connectivity index (χ1v) is 8.00. The van der Waals surface area contributed by atoms with Crippen LogP contribution in [0, 0.1) is 0 Å². The van der Waals surface area contributed by atoms with Crippen LogP contribution in [0.5, 0.6) is 0 Å². The van der Waals surface area contributed by atoms with Crippen molar-refractivity contribution in [1.82, 2.24) is 0 Å². The molecule has 1 saturated heterocycles. The van der Waals surface area contributed by atoms with E-state index in [-0.39, 0.29) is 0 Å². The zero-order valence-corrected chi connectivity index (χ0v) is 12.1. The Labute approximate surface area is 122 Å². The molecule has 1 N–H and O–H groups in total. The first-order chi connectivity index (χ1) is 9.69. The van der Waals surface area contributed by atoms with Crippen LogP contribution in [0.3, 0.4) is 0 Å². The van der Waals surface area contributed by atoms with Crippen molar-refractivity contribution in [2.45, 2.75) is 37.1 Å². The van der Waals surface area contributed by atoms with Gasteiger partial charge in [0.2, 0.25) is 0 Å². The average Bonchev–Trinajstić information content (AvgIpc) is 3.10. The lowest BCUT2D eigenvalue weighted by Crippen LogP contribution is -2.41. The fourth-order valence-corrected chi connectivity index (χ4v) is 4.50. The Morgan fingerprint density at radius 3 is 2.40 bits per heavy atom. The van der Waals surface area contributed by atoms with Gasteiger partial charge in [0, 0.05) is 22.4 Å². The van der Waals surface area contributed by atoms with Gasteiger partial charge in [0.25, 0.3) is 0 Å². The van der Waals surface area contributed by atoms with Crippen molar-refractivity contribution in [3.8, 4) is 0 Å². The molecule has 1 aliphatic heterocycles. The lowest BCUT2D eigenvalue weighted by atomic mass is 9.80. The molecule has 1 aromatic carbocycles. The minimum Gasteiger partial charge on any atom is -0.384 e. The topological polar surface area (TPSA) is 38.7 Å². The van der Waals surface area contributed by atoms with E-state index in [9.17, 15) is 5.11 Å². The average molecular weight is 290 g/mol. The summed E-state index contributed by atoms with van der Waals surface area (Å²) in [4.78, 5) is 1.08. The van der Waals surface area contributed by atoms with Crippen LogP contribution in [0.25, 0.3) is 10.1 Å². The molecule has 106 valence electrons. The summed E-state index contributed by atoms with van der Waals surface area (Å²) in [5.41, 5.74) is -0.718. The highest BCUT2D eigenvalue weighted by Gasteiger charge is 2.46. The maximum atomic E-state index is 11.0. The van der Waals surface area contributed by atoms with Gasteiger partial charge in [-0.25, -0.2) is 0 Å². The predicted molar refractivity (Wildman–Crippen MR) is 78.8 cm³/mol. The second-order valence-corrected chi connectivity index (χ2v) is 6.87. The molecule has 1 aromatic heterocycles. The zero-order chi connectivity index (χ0) is 13.6. The van der Waals surface area contributed by atoms with Crippen LogP contribution in [0.15, 0.2) is 30.3 Å². The van der Waals surface area contributed by atoms with Crippen LogP contribution in [-0.2, 0) is 15.1 Å². The van der Waals surface area contributed by atoms with Crippen LogP contribution < -0.4 is 0 Å². The van der Waals surface area contributed by atoms with E-state index in [0.717, 1.165) is 17.7 Å². The highest BCUT2D eigenvalue weighted by Crippen LogP contribution is 2.47. The van der Waals surface area contributed by atoms with E-state index < -0.39 is 11.4 Å². The molecule has 0 unspecified atom stereocenters. The van der Waals surface area contributed by atoms with Crippen LogP contribution in [0.4, 0.5) is 0 Å². The molecule has 0 radical (unpaired) electrons. The van der Waals surface area contributed by atoms with Gasteiger partial charge in [-0.2, -0.15) is 0 Å². The largest absolute Gasteiger partial charge is 0.384 e. The number of benzene rings is 1. The first-order valence-electron chi connectivity index (χ1n) is 7.19. The second-order valence-electron chi connectivity index (χ2n) is 5.79. The Hall–Kier alpha value is -0.940. The van der Waals surface area contributed by atoms with Crippen LogP contribution >= 0.6 is 11.3 Å². The van der Waals surface area contributed by atoms with E-state index in [2.05, 4.69) is 18.2 Å². The summed E-state index contributed by atoms with van der Waals surface area (Å²) in [7, 11) is 0. The summed E-state index contributed by atoms with van der Waals surface area (Å²) in [6.07, 6.45) is 2.97. The normalized spacial score (nSPS) is 24.4. The van der Waals surface area contributed by atoms with Crippen molar-refractivity contribution in [2.75, 3.05) is 13.2 Å². The van der Waals surface area contributed by atoms with Gasteiger partial charge in [-0.3, -0.25) is 0 Å². The van der Waals surface area contributed by atoms with Crippen LogP contribution in [0.2, 0.25) is 0 Å². The van der Waals surface area contributed by atoms with Gasteiger partial charge >= 0.3 is 0 Å². The molecule has 1 aliphatic carbocycles. The second kappa shape index (κ2) is 4.53. The molecule has 2 heterocycles. The Kier molecular flexibility index (Phi) is 2.89. The van der Waals surface area contributed by atoms with Gasteiger partial charge in [0.1, 0.15) is 0 Å². The molecule has 2 aliphatic rings. The summed E-state index contributed by atoms with van der Waals surface area (Å²) in [5, 5.41) is 12.2. The number of ether oxygens (including phenoxy) is 2. The van der Waals surface area contributed by atoms with Gasteiger partial charge in [0.05, 0.1) is 18.8 Å². The maximum absolute atomic E-state index is 11.0. The predicted octanol–water partition coefficient (Wildman–Crippen LogP) is 3.41. The molecule has 0 atom stereocenters. The maximum Gasteiger partial charge on any atom is 0.168 e. The third-order valence-electron chi connectivity index (χ3n) is 4.54. The Balaban J connectivity index is 1.61. The highest BCUT2D eigenvalue weighted by molar-refractivity contribution is 7.19. The number of aliphatic hydroxyl groups is 1. The van der Waals surface area contributed by atoms with Crippen molar-refractivity contribution >= 4 is 21.4 Å². The van der Waals surface area contributed by atoms with Gasteiger partial charge in [-0.15, -0.1) is 11.3 Å². The number of hydrogen-bond acceptors (Lipinski definition) is 4. The molecular formula is C16H18O3S. The lowest BCUT2D eigenvalue weighted by Gasteiger charge is -2.40. The molecule has 3 nitrogen and oxygen atoms in total. The summed E-state index contributed by atoms with van der Waals surface area (Å²) >= 11 is 1.70. The first kappa shape index (κ1) is 12.8. The number of thiophene rings is 1. The van der Waals surface area contributed by atoms with Crippen molar-refractivity contribution in [2.24, 2.45) is 0 Å². The third kappa shape index (κ3) is 1.99. The number of rotatable bonds is 1. The highest BCUT2D eigenvalue weighted by atomic mass is 32.1. The molecule has 1 saturated carbocycles. The van der Waals surface area contributed by atoms with Gasteiger partial charge in [0.15, 0.2) is 5.79 Å². The smallest absolute Gasteiger partial charge is 0.168 e. The van der Waals surface area contributed by atoms with E-state index in [1.807, 2.05) is 12.1 Å². The third-order valence-corrected chi connectivity index (χ3v) is 5.85. The van der Waals surface area contributed by atoms with Crippen molar-refractivity contribution in [3.63, 3.8) is 0 Å². The Morgan fingerprint density at radius 2 is 1.70 bits per heavy atom. The minimum atomic E-state index is -0.718. The van der Waals surface area contributed by atoms with Crippen LogP contribution in [-0.4, -0.2) is 24.1 Å². The number of hydrogen-bond donors (Lipinski definition) is 1. The summed E-state index contributed by atoms with van der Waals surface area (Å²) < 4.78 is 12.7. The van der Waals surface area contributed by atoms with Gasteiger partial charge in [-0.05, 0) is 30.4 Å². The molecule has 20 heavy (non-hydrogen) atoms. The van der Waals surface area contributed by atoms with Crippen molar-refractivity contribution in [1.29, 1.82) is 0 Å². The Bertz CT molecular complexity index is 584. The standard InChI is InChI=1S/C16H18O3S/c17-15(5-7-16(8-6-15)18-9-10-19-16)14-11-12-3-1-2-4-13(12)20-14/h1-4,11,17H,5-10H2. The molecule has 2 fully saturated rings. The zero-order valence-electron chi connectivity index (χ0n) is 11.3. The molecule has 1 spiro atoms. The minimum absolute atomic E-state index is 0.414. The summed E-state index contributed by atoms with van der Waals surface area (Å²) in [6, 6.07) is 10.4. The van der Waals surface area contributed by atoms with Gasteiger partial charge in [-0.1, -0.05) is 18.2 Å². The molecule has 4 rings (SSSR count). The van der Waals surface area contributed by atoms with E-state index in [4.69, 9.17) is 9.47 Å². The molecule has 0 bridgehead atoms. The summed E-state index contributed by atoms with van der Waals surface area (Å²) in [6.45, 7) is 1.36. The van der Waals surface area contributed by atoms with E-state index in [0.29, 0.717) is 26.1 Å². The van der Waals surface area contributed by atoms with Crippen LogP contribution in [0.1, 0.15) is 30.6 Å². The quantitative estimate of drug-likeness (QED) is 0.875. The molecule has 0 amide bonds. The lowest BCUT2D eigenvalue weighted by molar-refractivity contribution is -0.203.